The molecular weight excluding hydrogens is 324 g/mol. The van der Waals surface area contributed by atoms with Crippen LogP contribution in [0.2, 0.25) is 0 Å². The van der Waals surface area contributed by atoms with E-state index in [9.17, 15) is 9.59 Å². The summed E-state index contributed by atoms with van der Waals surface area (Å²) < 4.78 is 1.94. The van der Waals surface area contributed by atoms with Gasteiger partial charge in [-0.25, -0.2) is 4.99 Å². The van der Waals surface area contributed by atoms with Crippen LogP contribution in [0.25, 0.3) is 6.08 Å². The van der Waals surface area contributed by atoms with Crippen molar-refractivity contribution in [3.63, 3.8) is 0 Å². The molecule has 0 saturated carbocycles. The Balaban J connectivity index is 1.75. The maximum Gasteiger partial charge on any atom is 0.264 e. The number of hydrogen-bond acceptors (Lipinski definition) is 4. The van der Waals surface area contributed by atoms with E-state index in [4.69, 9.17) is 0 Å². The second-order valence-corrected chi connectivity index (χ2v) is 6.28. The molecule has 122 valence electrons. The minimum atomic E-state index is -0.158. The molecule has 0 unspecified atom stereocenters. The highest BCUT2D eigenvalue weighted by Crippen LogP contribution is 2.28. The summed E-state index contributed by atoms with van der Waals surface area (Å²) in [6.07, 6.45) is 3.76. The average molecular weight is 340 g/mol. The highest BCUT2D eigenvalue weighted by atomic mass is 32.2. The number of thioether (sulfide) groups is 1. The molecule has 1 saturated heterocycles. The zero-order valence-electron chi connectivity index (χ0n) is 13.2. The summed E-state index contributed by atoms with van der Waals surface area (Å²) in [4.78, 5) is 28.1. The highest BCUT2D eigenvalue weighted by molar-refractivity contribution is 8.18. The summed E-state index contributed by atoms with van der Waals surface area (Å²) in [5.74, 6) is -0.280. The number of aliphatic imine (C=N–C) groups is 1. The number of anilines is 1. The van der Waals surface area contributed by atoms with Crippen molar-refractivity contribution in [2.45, 2.75) is 6.92 Å². The summed E-state index contributed by atoms with van der Waals surface area (Å²) in [7, 11) is 1.93. The van der Waals surface area contributed by atoms with Crippen molar-refractivity contribution in [1.29, 1.82) is 0 Å². The Morgan fingerprint density at radius 1 is 1.29 bits per heavy atom. The van der Waals surface area contributed by atoms with Crippen LogP contribution >= 0.6 is 11.8 Å². The smallest absolute Gasteiger partial charge is 0.264 e. The normalized spacial score (nSPS) is 17.3. The number of carbonyl (C=O) groups excluding carboxylic acids is 2. The number of rotatable bonds is 3. The molecule has 0 aliphatic carbocycles. The van der Waals surface area contributed by atoms with E-state index in [0.717, 1.165) is 5.69 Å². The number of hydrogen-bond donors (Lipinski definition) is 2. The van der Waals surface area contributed by atoms with Gasteiger partial charge in [0.15, 0.2) is 5.17 Å². The Bertz CT molecular complexity index is 850. The van der Waals surface area contributed by atoms with Gasteiger partial charge in [0.2, 0.25) is 5.91 Å². The first-order valence-electron chi connectivity index (χ1n) is 7.30. The Morgan fingerprint density at radius 2 is 2.04 bits per heavy atom. The zero-order valence-corrected chi connectivity index (χ0v) is 14.1. The number of nitrogens with zero attached hydrogens (tertiary/aromatic N) is 2. The molecule has 3 rings (SSSR count). The Labute approximate surface area is 143 Å². The predicted molar refractivity (Wildman–Crippen MR) is 97.0 cm³/mol. The van der Waals surface area contributed by atoms with Crippen molar-refractivity contribution in [3.05, 3.63) is 53.2 Å². The van der Waals surface area contributed by atoms with Gasteiger partial charge in [-0.3, -0.25) is 9.59 Å². The first-order valence-corrected chi connectivity index (χ1v) is 8.11. The third-order valence-corrected chi connectivity index (χ3v) is 4.24. The highest BCUT2D eigenvalue weighted by Gasteiger charge is 2.24. The summed E-state index contributed by atoms with van der Waals surface area (Å²) >= 11 is 1.30. The number of aromatic nitrogens is 1. The van der Waals surface area contributed by atoms with E-state index < -0.39 is 0 Å². The lowest BCUT2D eigenvalue weighted by atomic mass is 10.3. The van der Waals surface area contributed by atoms with Gasteiger partial charge in [0.05, 0.1) is 10.6 Å². The Kier molecular flexibility index (Phi) is 4.52. The lowest BCUT2D eigenvalue weighted by Crippen LogP contribution is -2.19. The largest absolute Gasteiger partial charge is 0.351 e. The van der Waals surface area contributed by atoms with Crippen LogP contribution in [0, 0.1) is 0 Å². The molecule has 2 amide bonds. The van der Waals surface area contributed by atoms with Gasteiger partial charge in [0, 0.05) is 31.5 Å². The van der Waals surface area contributed by atoms with Gasteiger partial charge in [-0.15, -0.1) is 0 Å². The molecule has 1 aliphatic heterocycles. The van der Waals surface area contributed by atoms with E-state index >= 15 is 0 Å². The minimum Gasteiger partial charge on any atom is -0.351 e. The SMILES string of the molecule is CC(=O)Nc1ccc(N=C2NC(=O)/C(=C\c3cccn3C)S2)cc1. The number of carbonyl (C=O) groups is 2. The monoisotopic (exact) mass is 340 g/mol. The number of nitrogens with one attached hydrogen (secondary N) is 2. The molecule has 0 atom stereocenters. The summed E-state index contributed by atoms with van der Waals surface area (Å²) in [6, 6.07) is 11.0. The third-order valence-electron chi connectivity index (χ3n) is 3.33. The van der Waals surface area contributed by atoms with Gasteiger partial charge in [0.1, 0.15) is 0 Å². The van der Waals surface area contributed by atoms with E-state index in [0.29, 0.717) is 21.4 Å². The molecule has 24 heavy (non-hydrogen) atoms. The van der Waals surface area contributed by atoms with Crippen molar-refractivity contribution >= 4 is 46.2 Å². The molecule has 2 aromatic rings. The Hall–Kier alpha value is -2.80. The van der Waals surface area contributed by atoms with Crippen LogP contribution in [0.4, 0.5) is 11.4 Å². The van der Waals surface area contributed by atoms with E-state index in [1.807, 2.05) is 36.0 Å². The van der Waals surface area contributed by atoms with Crippen LogP contribution in [0.3, 0.4) is 0 Å². The van der Waals surface area contributed by atoms with Gasteiger partial charge in [-0.1, -0.05) is 0 Å². The van der Waals surface area contributed by atoms with Gasteiger partial charge in [-0.05, 0) is 54.2 Å². The van der Waals surface area contributed by atoms with Crippen LogP contribution in [-0.4, -0.2) is 21.5 Å². The zero-order chi connectivity index (χ0) is 17.1. The molecular formula is C17H16N4O2S. The number of amidine groups is 1. The van der Waals surface area contributed by atoms with E-state index in [2.05, 4.69) is 15.6 Å². The summed E-state index contributed by atoms with van der Waals surface area (Å²) in [6.45, 7) is 1.46. The second-order valence-electron chi connectivity index (χ2n) is 5.25. The molecule has 2 N–H and O–H groups in total. The molecule has 1 aliphatic rings. The van der Waals surface area contributed by atoms with E-state index in [-0.39, 0.29) is 11.8 Å². The number of amides is 2. The van der Waals surface area contributed by atoms with Crippen LogP contribution in [-0.2, 0) is 16.6 Å². The predicted octanol–water partition coefficient (Wildman–Crippen LogP) is 2.88. The first kappa shape index (κ1) is 16.1. The van der Waals surface area contributed by atoms with Crippen molar-refractivity contribution in [1.82, 2.24) is 9.88 Å². The molecule has 6 nitrogen and oxygen atoms in total. The lowest BCUT2D eigenvalue weighted by Gasteiger charge is -2.02. The van der Waals surface area contributed by atoms with Crippen LogP contribution in [0.15, 0.2) is 52.5 Å². The maximum absolute atomic E-state index is 12.1. The first-order chi connectivity index (χ1) is 11.5. The van der Waals surface area contributed by atoms with Crippen molar-refractivity contribution in [2.75, 3.05) is 5.32 Å². The maximum atomic E-state index is 12.1. The van der Waals surface area contributed by atoms with Gasteiger partial charge in [0.25, 0.3) is 5.91 Å². The van der Waals surface area contributed by atoms with Gasteiger partial charge >= 0.3 is 0 Å². The number of benzene rings is 1. The number of aryl methyl sites for hydroxylation is 1. The summed E-state index contributed by atoms with van der Waals surface area (Å²) in [5, 5.41) is 5.99. The fourth-order valence-electron chi connectivity index (χ4n) is 2.18. The molecule has 1 aromatic carbocycles. The lowest BCUT2D eigenvalue weighted by molar-refractivity contribution is -0.115. The van der Waals surface area contributed by atoms with Crippen molar-refractivity contribution in [3.8, 4) is 0 Å². The topological polar surface area (TPSA) is 75.5 Å². The third kappa shape index (κ3) is 3.75. The van der Waals surface area contributed by atoms with Gasteiger partial charge in [-0.2, -0.15) is 0 Å². The Morgan fingerprint density at radius 3 is 2.67 bits per heavy atom. The summed E-state index contributed by atoms with van der Waals surface area (Å²) in [5.41, 5.74) is 2.36. The van der Waals surface area contributed by atoms with Crippen LogP contribution < -0.4 is 10.6 Å². The van der Waals surface area contributed by atoms with Crippen LogP contribution in [0.1, 0.15) is 12.6 Å². The standard InChI is InChI=1S/C17H16N4O2S/c1-11(22)18-12-5-7-13(8-6-12)19-17-20-16(23)15(24-17)10-14-4-3-9-21(14)2/h3-10H,1-2H3,(H,18,22)(H,19,20,23)/b15-10+. The molecule has 0 spiro atoms. The quantitative estimate of drug-likeness (QED) is 0.844. The molecule has 7 heteroatoms. The second kappa shape index (κ2) is 6.76. The molecule has 0 bridgehead atoms. The molecule has 1 aromatic heterocycles. The van der Waals surface area contributed by atoms with E-state index in [1.165, 1.54) is 18.7 Å². The average Bonchev–Trinajstić information content (AvgIpc) is 3.08. The van der Waals surface area contributed by atoms with E-state index in [1.54, 1.807) is 24.3 Å². The molecule has 1 fully saturated rings. The van der Waals surface area contributed by atoms with Crippen molar-refractivity contribution in [2.24, 2.45) is 12.0 Å². The fraction of sp³-hybridized carbons (Fsp3) is 0.118. The van der Waals surface area contributed by atoms with Gasteiger partial charge < -0.3 is 15.2 Å². The molecule has 2 heterocycles. The molecule has 0 radical (unpaired) electrons. The van der Waals surface area contributed by atoms with Crippen LogP contribution in [0.5, 0.6) is 0 Å². The van der Waals surface area contributed by atoms with Crippen molar-refractivity contribution < 1.29 is 9.59 Å². The fourth-order valence-corrected chi connectivity index (χ4v) is 3.01. The minimum absolute atomic E-state index is 0.122.